The molecule has 1 N–H and O–H groups in total. The van der Waals surface area contributed by atoms with Gasteiger partial charge in [-0.2, -0.15) is 0 Å². The standard InChI is InChI=1S/C15H20BrNO4S/c1-21-14-5-4-12(16)9-13(14)15(18)17-7-2-3-11-6-8-22(19,20)10-11/h4-5,9,11H,2-3,6-8,10H2,1H3,(H,17,18). The third-order valence-electron chi connectivity index (χ3n) is 3.81. The van der Waals surface area contributed by atoms with Crippen LogP contribution in [-0.2, 0) is 9.84 Å². The van der Waals surface area contributed by atoms with Crippen molar-refractivity contribution in [1.82, 2.24) is 5.32 Å². The Labute approximate surface area is 139 Å². The highest BCUT2D eigenvalue weighted by Gasteiger charge is 2.27. The number of ether oxygens (including phenoxy) is 1. The lowest BCUT2D eigenvalue weighted by atomic mass is 10.0. The van der Waals surface area contributed by atoms with Crippen LogP contribution in [0, 0.1) is 5.92 Å². The molecule has 0 bridgehead atoms. The summed E-state index contributed by atoms with van der Waals surface area (Å²) in [6, 6.07) is 5.27. The lowest BCUT2D eigenvalue weighted by Gasteiger charge is -2.11. The van der Waals surface area contributed by atoms with Crippen molar-refractivity contribution >= 4 is 31.7 Å². The number of hydrogen-bond donors (Lipinski definition) is 1. The second-order valence-corrected chi connectivity index (χ2v) is 8.66. The Kier molecular flexibility index (Phi) is 5.86. The fourth-order valence-electron chi connectivity index (χ4n) is 2.65. The van der Waals surface area contributed by atoms with Crippen molar-refractivity contribution in [2.45, 2.75) is 19.3 Å². The van der Waals surface area contributed by atoms with Crippen molar-refractivity contribution in [2.24, 2.45) is 5.92 Å². The van der Waals surface area contributed by atoms with Crippen molar-refractivity contribution in [2.75, 3.05) is 25.2 Å². The van der Waals surface area contributed by atoms with E-state index in [4.69, 9.17) is 4.74 Å². The minimum Gasteiger partial charge on any atom is -0.496 e. The number of halogens is 1. The van der Waals surface area contributed by atoms with Crippen molar-refractivity contribution < 1.29 is 17.9 Å². The van der Waals surface area contributed by atoms with E-state index in [1.165, 1.54) is 7.11 Å². The first kappa shape index (κ1) is 17.3. The number of hydrogen-bond acceptors (Lipinski definition) is 4. The van der Waals surface area contributed by atoms with E-state index >= 15 is 0 Å². The molecule has 1 saturated heterocycles. The Morgan fingerprint density at radius 3 is 2.86 bits per heavy atom. The molecule has 22 heavy (non-hydrogen) atoms. The Hall–Kier alpha value is -1.08. The summed E-state index contributed by atoms with van der Waals surface area (Å²) < 4.78 is 28.8. The maximum atomic E-state index is 12.2. The van der Waals surface area contributed by atoms with Gasteiger partial charge in [0, 0.05) is 11.0 Å². The van der Waals surface area contributed by atoms with E-state index in [0.717, 1.165) is 23.7 Å². The molecule has 0 spiro atoms. The molecule has 1 aromatic rings. The fourth-order valence-corrected chi connectivity index (χ4v) is 4.92. The highest BCUT2D eigenvalue weighted by molar-refractivity contribution is 9.10. The SMILES string of the molecule is COc1ccc(Br)cc1C(=O)NCCCC1CCS(=O)(=O)C1. The van der Waals surface area contributed by atoms with Crippen LogP contribution in [0.4, 0.5) is 0 Å². The van der Waals surface area contributed by atoms with Crippen LogP contribution in [0.15, 0.2) is 22.7 Å². The smallest absolute Gasteiger partial charge is 0.255 e. The number of carbonyl (C=O) groups excluding carboxylic acids is 1. The second-order valence-electron chi connectivity index (χ2n) is 5.51. The lowest BCUT2D eigenvalue weighted by Crippen LogP contribution is -2.25. The molecule has 0 aliphatic carbocycles. The number of sulfone groups is 1. The molecule has 1 unspecified atom stereocenters. The third kappa shape index (κ3) is 4.71. The van der Waals surface area contributed by atoms with E-state index < -0.39 is 9.84 Å². The summed E-state index contributed by atoms with van der Waals surface area (Å²) >= 11 is 3.34. The van der Waals surface area contributed by atoms with Crippen LogP contribution in [0.5, 0.6) is 5.75 Å². The summed E-state index contributed by atoms with van der Waals surface area (Å²) in [4.78, 5) is 12.2. The van der Waals surface area contributed by atoms with E-state index in [0.29, 0.717) is 29.4 Å². The summed E-state index contributed by atoms with van der Waals surface area (Å²) in [6.45, 7) is 0.533. The number of benzene rings is 1. The lowest BCUT2D eigenvalue weighted by molar-refractivity contribution is 0.0949. The van der Waals surface area contributed by atoms with Crippen molar-refractivity contribution in [3.05, 3.63) is 28.2 Å². The van der Waals surface area contributed by atoms with E-state index in [1.807, 2.05) is 6.07 Å². The Balaban J connectivity index is 1.80. The average Bonchev–Trinajstić information content (AvgIpc) is 2.82. The number of methoxy groups -OCH3 is 1. The molecule has 1 amide bonds. The molecule has 7 heteroatoms. The topological polar surface area (TPSA) is 72.5 Å². The molecule has 5 nitrogen and oxygen atoms in total. The highest BCUT2D eigenvalue weighted by atomic mass is 79.9. The Morgan fingerprint density at radius 2 is 2.23 bits per heavy atom. The van der Waals surface area contributed by atoms with Crippen LogP contribution in [0.3, 0.4) is 0 Å². The number of rotatable bonds is 6. The summed E-state index contributed by atoms with van der Waals surface area (Å²) in [5.74, 6) is 1.18. The molecule has 0 aromatic heterocycles. The zero-order valence-corrected chi connectivity index (χ0v) is 14.9. The van der Waals surface area contributed by atoms with E-state index in [-0.39, 0.29) is 11.8 Å². The molecule has 1 fully saturated rings. The minimum absolute atomic E-state index is 0.183. The van der Waals surface area contributed by atoms with Gasteiger partial charge in [-0.15, -0.1) is 0 Å². The molecule has 1 aliphatic heterocycles. The molecule has 122 valence electrons. The molecule has 1 aromatic carbocycles. The zero-order valence-electron chi connectivity index (χ0n) is 12.5. The molecule has 0 radical (unpaired) electrons. The summed E-state index contributed by atoms with van der Waals surface area (Å²) in [7, 11) is -1.29. The molecule has 0 saturated carbocycles. The second kappa shape index (κ2) is 7.46. The van der Waals surface area contributed by atoms with Gasteiger partial charge in [-0.25, -0.2) is 8.42 Å². The predicted molar refractivity (Wildman–Crippen MR) is 89.0 cm³/mol. The van der Waals surface area contributed by atoms with Gasteiger partial charge in [-0.1, -0.05) is 15.9 Å². The summed E-state index contributed by atoms with van der Waals surface area (Å²) in [5.41, 5.74) is 0.486. The molecule has 1 atom stereocenters. The van der Waals surface area contributed by atoms with Gasteiger partial charge in [0.1, 0.15) is 5.75 Å². The highest BCUT2D eigenvalue weighted by Crippen LogP contribution is 2.24. The quantitative estimate of drug-likeness (QED) is 0.758. The first-order valence-corrected chi connectivity index (χ1v) is 9.85. The largest absolute Gasteiger partial charge is 0.496 e. The monoisotopic (exact) mass is 389 g/mol. The van der Waals surface area contributed by atoms with E-state index in [9.17, 15) is 13.2 Å². The number of amides is 1. The van der Waals surface area contributed by atoms with Crippen LogP contribution in [0.2, 0.25) is 0 Å². The van der Waals surface area contributed by atoms with Crippen LogP contribution in [0.25, 0.3) is 0 Å². The van der Waals surface area contributed by atoms with Crippen molar-refractivity contribution in [3.8, 4) is 5.75 Å². The van der Waals surface area contributed by atoms with Crippen LogP contribution >= 0.6 is 15.9 Å². The van der Waals surface area contributed by atoms with E-state index in [2.05, 4.69) is 21.2 Å². The molecule has 2 rings (SSSR count). The van der Waals surface area contributed by atoms with Gasteiger partial charge in [-0.3, -0.25) is 4.79 Å². The molecular formula is C15H20BrNO4S. The van der Waals surface area contributed by atoms with Gasteiger partial charge in [0.2, 0.25) is 0 Å². The molecule has 1 aliphatic rings. The van der Waals surface area contributed by atoms with Crippen LogP contribution in [-0.4, -0.2) is 39.5 Å². The fraction of sp³-hybridized carbons (Fsp3) is 0.533. The maximum absolute atomic E-state index is 12.2. The normalized spacial score (nSPS) is 19.8. The van der Waals surface area contributed by atoms with Crippen molar-refractivity contribution in [3.63, 3.8) is 0 Å². The van der Waals surface area contributed by atoms with Gasteiger partial charge >= 0.3 is 0 Å². The van der Waals surface area contributed by atoms with Gasteiger partial charge in [0.25, 0.3) is 5.91 Å². The Bertz CT molecular complexity index is 645. The van der Waals surface area contributed by atoms with Crippen LogP contribution < -0.4 is 10.1 Å². The third-order valence-corrected chi connectivity index (χ3v) is 6.14. The Morgan fingerprint density at radius 1 is 1.45 bits per heavy atom. The number of nitrogens with one attached hydrogen (secondary N) is 1. The summed E-state index contributed by atoms with van der Waals surface area (Å²) in [5, 5.41) is 2.86. The predicted octanol–water partition coefficient (Wildman–Crippen LogP) is 2.40. The maximum Gasteiger partial charge on any atom is 0.255 e. The van der Waals surface area contributed by atoms with Gasteiger partial charge in [0.15, 0.2) is 9.84 Å². The zero-order chi connectivity index (χ0) is 16.2. The number of carbonyl (C=O) groups is 1. The summed E-state index contributed by atoms with van der Waals surface area (Å²) in [6.07, 6.45) is 2.35. The first-order valence-electron chi connectivity index (χ1n) is 7.23. The van der Waals surface area contributed by atoms with Gasteiger partial charge in [0.05, 0.1) is 24.2 Å². The molecular weight excluding hydrogens is 370 g/mol. The van der Waals surface area contributed by atoms with Gasteiger partial charge < -0.3 is 10.1 Å². The van der Waals surface area contributed by atoms with Gasteiger partial charge in [-0.05, 0) is 43.4 Å². The average molecular weight is 390 g/mol. The first-order chi connectivity index (χ1) is 10.4. The minimum atomic E-state index is -2.81. The van der Waals surface area contributed by atoms with E-state index in [1.54, 1.807) is 12.1 Å². The van der Waals surface area contributed by atoms with Crippen molar-refractivity contribution in [1.29, 1.82) is 0 Å². The van der Waals surface area contributed by atoms with Crippen LogP contribution in [0.1, 0.15) is 29.6 Å². The molecule has 1 heterocycles.